The lowest BCUT2D eigenvalue weighted by atomic mass is 10.2. The number of carbonyl (C=O) groups is 1. The molecule has 0 fully saturated rings. The predicted molar refractivity (Wildman–Crippen MR) is 102 cm³/mol. The average molecular weight is 362 g/mol. The van der Waals surface area contributed by atoms with Gasteiger partial charge in [-0.1, -0.05) is 41.7 Å². The standard InChI is InChI=1S/C20H14N2O3S/c23-17(11-10-14-6-2-1-3-7-14)21-20-22-18(15-8-4-12-24-15)19(26-20)16-9-5-13-25-16/h1-13H,(H,21,22,23)/b11-10+. The van der Waals surface area contributed by atoms with E-state index in [0.29, 0.717) is 22.3 Å². The van der Waals surface area contributed by atoms with Gasteiger partial charge in [-0.3, -0.25) is 10.1 Å². The summed E-state index contributed by atoms with van der Waals surface area (Å²) in [5.41, 5.74) is 1.59. The summed E-state index contributed by atoms with van der Waals surface area (Å²) in [5.74, 6) is 1.04. The number of nitrogens with one attached hydrogen (secondary N) is 1. The molecule has 0 spiro atoms. The molecule has 4 rings (SSSR count). The van der Waals surface area contributed by atoms with Gasteiger partial charge in [0.25, 0.3) is 0 Å². The molecule has 128 valence electrons. The van der Waals surface area contributed by atoms with Crippen LogP contribution in [-0.4, -0.2) is 10.9 Å². The summed E-state index contributed by atoms with van der Waals surface area (Å²) in [6, 6.07) is 16.9. The maximum absolute atomic E-state index is 12.2. The molecule has 4 aromatic rings. The van der Waals surface area contributed by atoms with E-state index in [2.05, 4.69) is 10.3 Å². The Hall–Kier alpha value is -3.38. The van der Waals surface area contributed by atoms with Gasteiger partial charge in [0.2, 0.25) is 5.91 Å². The molecule has 0 bridgehead atoms. The van der Waals surface area contributed by atoms with Gasteiger partial charge in [0.15, 0.2) is 10.9 Å². The van der Waals surface area contributed by atoms with E-state index in [1.165, 1.54) is 17.4 Å². The second-order valence-corrected chi connectivity index (χ2v) is 6.38. The second kappa shape index (κ2) is 7.25. The highest BCUT2D eigenvalue weighted by molar-refractivity contribution is 7.19. The Kier molecular flexibility index (Phi) is 4.49. The molecule has 0 aliphatic carbocycles. The molecule has 0 saturated heterocycles. The first-order valence-corrected chi connectivity index (χ1v) is 8.74. The molecule has 0 aliphatic heterocycles. The van der Waals surface area contributed by atoms with Gasteiger partial charge in [-0.25, -0.2) is 4.98 Å². The van der Waals surface area contributed by atoms with Crippen LogP contribution in [0.15, 0.2) is 82.0 Å². The molecule has 3 aromatic heterocycles. The van der Waals surface area contributed by atoms with Crippen LogP contribution < -0.4 is 5.32 Å². The van der Waals surface area contributed by atoms with Crippen molar-refractivity contribution in [1.82, 2.24) is 4.98 Å². The van der Waals surface area contributed by atoms with Crippen LogP contribution in [0.4, 0.5) is 5.13 Å². The largest absolute Gasteiger partial charge is 0.463 e. The first kappa shape index (κ1) is 16.1. The molecule has 5 nitrogen and oxygen atoms in total. The Morgan fingerprint density at radius 3 is 2.38 bits per heavy atom. The molecule has 3 heterocycles. The third-order valence-corrected chi connectivity index (χ3v) is 4.57. The van der Waals surface area contributed by atoms with Gasteiger partial charge in [0.1, 0.15) is 16.3 Å². The molecule has 26 heavy (non-hydrogen) atoms. The summed E-state index contributed by atoms with van der Waals surface area (Å²) < 4.78 is 10.9. The van der Waals surface area contributed by atoms with Gasteiger partial charge in [-0.15, -0.1) is 0 Å². The van der Waals surface area contributed by atoms with E-state index < -0.39 is 0 Å². The highest BCUT2D eigenvalue weighted by Crippen LogP contribution is 2.39. The number of carbonyl (C=O) groups excluding carboxylic acids is 1. The van der Waals surface area contributed by atoms with Crippen molar-refractivity contribution in [2.24, 2.45) is 0 Å². The zero-order valence-corrected chi connectivity index (χ0v) is 14.4. The summed E-state index contributed by atoms with van der Waals surface area (Å²) in [4.78, 5) is 17.5. The summed E-state index contributed by atoms with van der Waals surface area (Å²) in [5, 5.41) is 3.27. The van der Waals surface area contributed by atoms with Crippen LogP contribution in [0, 0.1) is 0 Å². The van der Waals surface area contributed by atoms with Gasteiger partial charge in [0, 0.05) is 6.08 Å². The van der Waals surface area contributed by atoms with Gasteiger partial charge < -0.3 is 8.83 Å². The first-order chi connectivity index (χ1) is 12.8. The minimum atomic E-state index is -0.250. The Morgan fingerprint density at radius 2 is 1.69 bits per heavy atom. The van der Waals surface area contributed by atoms with Crippen molar-refractivity contribution in [3.63, 3.8) is 0 Å². The number of benzene rings is 1. The Labute approximate surface area is 153 Å². The molecule has 1 N–H and O–H groups in total. The van der Waals surface area contributed by atoms with Crippen LogP contribution in [0.1, 0.15) is 5.56 Å². The monoisotopic (exact) mass is 362 g/mol. The second-order valence-electron chi connectivity index (χ2n) is 5.38. The molecule has 6 heteroatoms. The van der Waals surface area contributed by atoms with E-state index in [0.717, 1.165) is 10.4 Å². The summed E-state index contributed by atoms with van der Waals surface area (Å²) in [6.07, 6.45) is 6.42. The van der Waals surface area contributed by atoms with Crippen LogP contribution in [-0.2, 0) is 4.79 Å². The summed E-state index contributed by atoms with van der Waals surface area (Å²) in [6.45, 7) is 0. The number of anilines is 1. The van der Waals surface area contributed by atoms with Crippen molar-refractivity contribution >= 4 is 28.5 Å². The molecule has 0 aliphatic rings. The topological polar surface area (TPSA) is 68.3 Å². The average Bonchev–Trinajstić information content (AvgIpc) is 3.41. The van der Waals surface area contributed by atoms with Gasteiger partial charge >= 0.3 is 0 Å². The molecule has 0 atom stereocenters. The number of hydrogen-bond donors (Lipinski definition) is 1. The van der Waals surface area contributed by atoms with E-state index in [9.17, 15) is 4.79 Å². The van der Waals surface area contributed by atoms with E-state index in [-0.39, 0.29) is 5.91 Å². The van der Waals surface area contributed by atoms with Crippen LogP contribution in [0.3, 0.4) is 0 Å². The normalized spacial score (nSPS) is 11.1. The van der Waals surface area contributed by atoms with Crippen LogP contribution in [0.5, 0.6) is 0 Å². The Morgan fingerprint density at radius 1 is 0.962 bits per heavy atom. The first-order valence-electron chi connectivity index (χ1n) is 7.92. The smallest absolute Gasteiger partial charge is 0.250 e. The maximum Gasteiger partial charge on any atom is 0.250 e. The number of thiazole rings is 1. The molecular formula is C20H14N2O3S. The third-order valence-electron chi connectivity index (χ3n) is 3.58. The number of amides is 1. The Balaban J connectivity index is 1.58. The fourth-order valence-electron chi connectivity index (χ4n) is 2.41. The van der Waals surface area contributed by atoms with Crippen LogP contribution >= 0.6 is 11.3 Å². The number of hydrogen-bond acceptors (Lipinski definition) is 5. The number of aromatic nitrogens is 1. The highest BCUT2D eigenvalue weighted by atomic mass is 32.1. The molecule has 0 saturated carbocycles. The van der Waals surface area contributed by atoms with Crippen molar-refractivity contribution in [3.8, 4) is 22.1 Å². The van der Waals surface area contributed by atoms with Crippen molar-refractivity contribution in [2.45, 2.75) is 0 Å². The summed E-state index contributed by atoms with van der Waals surface area (Å²) >= 11 is 1.33. The maximum atomic E-state index is 12.2. The number of rotatable bonds is 5. The van der Waals surface area contributed by atoms with Crippen molar-refractivity contribution < 1.29 is 13.6 Å². The van der Waals surface area contributed by atoms with Crippen molar-refractivity contribution in [1.29, 1.82) is 0 Å². The lowest BCUT2D eigenvalue weighted by Crippen LogP contribution is -2.07. The van der Waals surface area contributed by atoms with Crippen LogP contribution in [0.2, 0.25) is 0 Å². The van der Waals surface area contributed by atoms with E-state index >= 15 is 0 Å². The van der Waals surface area contributed by atoms with E-state index in [1.807, 2.05) is 48.5 Å². The minimum absolute atomic E-state index is 0.250. The number of nitrogens with zero attached hydrogens (tertiary/aromatic N) is 1. The fraction of sp³-hybridized carbons (Fsp3) is 0. The van der Waals surface area contributed by atoms with Crippen molar-refractivity contribution in [3.05, 3.63) is 78.8 Å². The third kappa shape index (κ3) is 3.50. The number of furan rings is 2. The predicted octanol–water partition coefficient (Wildman–Crippen LogP) is 5.32. The minimum Gasteiger partial charge on any atom is -0.463 e. The lowest BCUT2D eigenvalue weighted by Gasteiger charge is -1.96. The summed E-state index contributed by atoms with van der Waals surface area (Å²) in [7, 11) is 0. The van der Waals surface area contributed by atoms with E-state index in [4.69, 9.17) is 8.83 Å². The zero-order valence-electron chi connectivity index (χ0n) is 13.6. The highest BCUT2D eigenvalue weighted by Gasteiger charge is 2.19. The zero-order chi connectivity index (χ0) is 17.8. The quantitative estimate of drug-likeness (QED) is 0.488. The van der Waals surface area contributed by atoms with Crippen LogP contribution in [0.25, 0.3) is 28.2 Å². The molecule has 1 aromatic carbocycles. The van der Waals surface area contributed by atoms with Gasteiger partial charge in [0.05, 0.1) is 12.5 Å². The lowest BCUT2D eigenvalue weighted by molar-refractivity contribution is -0.111. The molecule has 0 radical (unpaired) electrons. The molecule has 1 amide bonds. The van der Waals surface area contributed by atoms with Crippen molar-refractivity contribution in [2.75, 3.05) is 5.32 Å². The fourth-order valence-corrected chi connectivity index (χ4v) is 3.35. The molecule has 0 unspecified atom stereocenters. The molecular weight excluding hydrogens is 348 g/mol. The SMILES string of the molecule is O=C(/C=C/c1ccccc1)Nc1nc(-c2ccco2)c(-c2ccco2)s1. The van der Waals surface area contributed by atoms with E-state index in [1.54, 1.807) is 24.7 Å². The van der Waals surface area contributed by atoms with Gasteiger partial charge in [-0.2, -0.15) is 0 Å². The van der Waals surface area contributed by atoms with Gasteiger partial charge in [-0.05, 0) is 35.9 Å². The Bertz CT molecular complexity index is 965.